The van der Waals surface area contributed by atoms with E-state index in [0.29, 0.717) is 11.4 Å². The first-order valence-electron chi connectivity index (χ1n) is 6.73. The molecule has 0 bridgehead atoms. The maximum Gasteiger partial charge on any atom is 0.270 e. The molecule has 0 saturated heterocycles. The Morgan fingerprint density at radius 1 is 1.50 bits per heavy atom. The second-order valence-corrected chi connectivity index (χ2v) is 6.30. The molecule has 2 aromatic heterocycles. The van der Waals surface area contributed by atoms with Crippen molar-refractivity contribution in [1.82, 2.24) is 9.47 Å². The molecule has 0 aliphatic carbocycles. The highest BCUT2D eigenvalue weighted by atomic mass is 32.1. The van der Waals surface area contributed by atoms with Crippen molar-refractivity contribution in [1.29, 1.82) is 0 Å². The number of thiophene rings is 1. The number of hydrogen-bond acceptors (Lipinski definition) is 3. The Morgan fingerprint density at radius 2 is 2.20 bits per heavy atom. The van der Waals surface area contributed by atoms with Crippen LogP contribution < -0.4 is 5.73 Å². The van der Waals surface area contributed by atoms with E-state index in [2.05, 4.69) is 19.1 Å². The average Bonchev–Trinajstić information content (AvgIpc) is 3.02. The number of nitrogen functional groups attached to an aromatic ring is 1. The molecule has 2 heterocycles. The van der Waals surface area contributed by atoms with Gasteiger partial charge in [-0.05, 0) is 39.0 Å². The van der Waals surface area contributed by atoms with Crippen LogP contribution >= 0.6 is 11.3 Å². The summed E-state index contributed by atoms with van der Waals surface area (Å²) in [6.07, 6.45) is 1.81. The van der Waals surface area contributed by atoms with Gasteiger partial charge in [-0.15, -0.1) is 11.3 Å². The van der Waals surface area contributed by atoms with Crippen molar-refractivity contribution in [2.75, 3.05) is 12.8 Å². The van der Waals surface area contributed by atoms with E-state index >= 15 is 0 Å². The van der Waals surface area contributed by atoms with E-state index in [1.165, 1.54) is 9.75 Å². The molecule has 0 spiro atoms. The maximum atomic E-state index is 12.6. The molecule has 1 unspecified atom stereocenters. The van der Waals surface area contributed by atoms with Gasteiger partial charge in [0.2, 0.25) is 0 Å². The van der Waals surface area contributed by atoms with E-state index in [-0.39, 0.29) is 11.9 Å². The number of rotatable bonds is 4. The third-order valence-electron chi connectivity index (χ3n) is 3.55. The van der Waals surface area contributed by atoms with Crippen LogP contribution in [0, 0.1) is 6.92 Å². The van der Waals surface area contributed by atoms with Crippen molar-refractivity contribution >= 4 is 22.9 Å². The number of aromatic nitrogens is 1. The molecule has 2 N–H and O–H groups in total. The molecule has 20 heavy (non-hydrogen) atoms. The molecule has 5 heteroatoms. The Bertz CT molecular complexity index is 614. The van der Waals surface area contributed by atoms with Crippen molar-refractivity contribution in [3.8, 4) is 0 Å². The molecule has 0 aliphatic heterocycles. The monoisotopic (exact) mass is 291 g/mol. The second kappa shape index (κ2) is 5.71. The average molecular weight is 291 g/mol. The van der Waals surface area contributed by atoms with Gasteiger partial charge in [0.15, 0.2) is 0 Å². The van der Waals surface area contributed by atoms with E-state index in [1.54, 1.807) is 28.5 Å². The Morgan fingerprint density at radius 3 is 2.75 bits per heavy atom. The smallest absolute Gasteiger partial charge is 0.270 e. The molecular weight excluding hydrogens is 270 g/mol. The van der Waals surface area contributed by atoms with Gasteiger partial charge < -0.3 is 15.2 Å². The summed E-state index contributed by atoms with van der Waals surface area (Å²) >= 11 is 1.73. The number of carbonyl (C=O) groups is 1. The summed E-state index contributed by atoms with van der Waals surface area (Å²) in [6, 6.07) is 5.97. The Balaban J connectivity index is 2.23. The lowest BCUT2D eigenvalue weighted by Gasteiger charge is -2.24. The number of nitrogens with zero attached hydrogens (tertiary/aromatic N) is 2. The molecular formula is C15H21N3OS. The van der Waals surface area contributed by atoms with Crippen LogP contribution in [0.5, 0.6) is 0 Å². The summed E-state index contributed by atoms with van der Waals surface area (Å²) in [5.41, 5.74) is 7.07. The van der Waals surface area contributed by atoms with Crippen molar-refractivity contribution in [2.24, 2.45) is 0 Å². The first kappa shape index (κ1) is 14.7. The Kier molecular flexibility index (Phi) is 4.18. The highest BCUT2D eigenvalue weighted by Gasteiger charge is 2.22. The fraction of sp³-hybridized carbons (Fsp3) is 0.400. The molecule has 0 fully saturated rings. The minimum atomic E-state index is 0.00195. The summed E-state index contributed by atoms with van der Waals surface area (Å²) in [4.78, 5) is 16.8. The summed E-state index contributed by atoms with van der Waals surface area (Å²) in [6.45, 7) is 6.86. The third-order valence-corrected chi connectivity index (χ3v) is 4.72. The van der Waals surface area contributed by atoms with Gasteiger partial charge in [-0.1, -0.05) is 0 Å². The molecule has 0 radical (unpaired) electrons. The minimum absolute atomic E-state index is 0.00195. The molecule has 0 aromatic carbocycles. The van der Waals surface area contributed by atoms with Crippen molar-refractivity contribution in [3.05, 3.63) is 39.8 Å². The van der Waals surface area contributed by atoms with Crippen molar-refractivity contribution in [3.63, 3.8) is 0 Å². The minimum Gasteiger partial charge on any atom is -0.397 e. The zero-order chi connectivity index (χ0) is 14.9. The van der Waals surface area contributed by atoms with Crippen LogP contribution in [0.4, 0.5) is 5.69 Å². The normalized spacial score (nSPS) is 12.4. The predicted octanol–water partition coefficient (Wildman–Crippen LogP) is 3.29. The Labute approximate surface area is 123 Å². The number of anilines is 1. The summed E-state index contributed by atoms with van der Waals surface area (Å²) in [7, 11) is 1.84. The first-order chi connectivity index (χ1) is 9.43. The van der Waals surface area contributed by atoms with Gasteiger partial charge in [-0.2, -0.15) is 0 Å². The number of aryl methyl sites for hydroxylation is 2. The lowest BCUT2D eigenvalue weighted by Crippen LogP contribution is -2.30. The van der Waals surface area contributed by atoms with E-state index in [4.69, 9.17) is 5.73 Å². The van der Waals surface area contributed by atoms with Crippen molar-refractivity contribution < 1.29 is 4.79 Å². The number of hydrogen-bond donors (Lipinski definition) is 1. The predicted molar refractivity (Wildman–Crippen MR) is 84.1 cm³/mol. The molecule has 2 rings (SSSR count). The number of nitrogens with two attached hydrogens (primary N) is 1. The molecule has 0 saturated carbocycles. The number of amides is 1. The Hall–Kier alpha value is -1.75. The molecule has 108 valence electrons. The van der Waals surface area contributed by atoms with Gasteiger partial charge in [0.05, 0.1) is 11.7 Å². The van der Waals surface area contributed by atoms with Gasteiger partial charge in [-0.25, -0.2) is 0 Å². The highest BCUT2D eigenvalue weighted by molar-refractivity contribution is 7.12. The standard InChI is InChI=1S/C15H21N3OS/c1-5-18-9-12(16)8-13(18)15(19)17(4)11(3)14-7-6-10(2)20-14/h6-9,11H,5,16H2,1-4H3. The van der Waals surface area contributed by atoms with Crippen LogP contribution in [0.1, 0.15) is 40.1 Å². The fourth-order valence-electron chi connectivity index (χ4n) is 2.20. The fourth-order valence-corrected chi connectivity index (χ4v) is 3.17. The van der Waals surface area contributed by atoms with E-state index in [9.17, 15) is 4.79 Å². The highest BCUT2D eigenvalue weighted by Crippen LogP contribution is 2.27. The van der Waals surface area contributed by atoms with Crippen LogP contribution in [0.25, 0.3) is 0 Å². The first-order valence-corrected chi connectivity index (χ1v) is 7.54. The second-order valence-electron chi connectivity index (χ2n) is 4.99. The van der Waals surface area contributed by atoms with Gasteiger partial charge in [0, 0.05) is 29.5 Å². The quantitative estimate of drug-likeness (QED) is 0.939. The number of carbonyl (C=O) groups excluding carboxylic acids is 1. The van der Waals surface area contributed by atoms with Crippen LogP contribution in [-0.2, 0) is 6.54 Å². The third kappa shape index (κ3) is 2.72. The maximum absolute atomic E-state index is 12.6. The zero-order valence-corrected chi connectivity index (χ0v) is 13.2. The van der Waals surface area contributed by atoms with E-state index in [0.717, 1.165) is 6.54 Å². The van der Waals surface area contributed by atoms with Crippen LogP contribution in [0.3, 0.4) is 0 Å². The van der Waals surface area contributed by atoms with Crippen molar-refractivity contribution in [2.45, 2.75) is 33.4 Å². The molecule has 1 atom stereocenters. The van der Waals surface area contributed by atoms with Gasteiger partial charge in [0.1, 0.15) is 5.69 Å². The lowest BCUT2D eigenvalue weighted by molar-refractivity contribution is 0.0734. The van der Waals surface area contributed by atoms with Crippen LogP contribution in [0.2, 0.25) is 0 Å². The van der Waals surface area contributed by atoms with Gasteiger partial charge in [-0.3, -0.25) is 4.79 Å². The summed E-state index contributed by atoms with van der Waals surface area (Å²) < 4.78 is 1.89. The van der Waals surface area contributed by atoms with Crippen LogP contribution in [0.15, 0.2) is 24.4 Å². The molecule has 0 aliphatic rings. The van der Waals surface area contributed by atoms with Gasteiger partial charge in [0.25, 0.3) is 5.91 Å². The summed E-state index contributed by atoms with van der Waals surface area (Å²) in [5, 5.41) is 0. The van der Waals surface area contributed by atoms with E-state index < -0.39 is 0 Å². The molecule has 4 nitrogen and oxygen atoms in total. The van der Waals surface area contributed by atoms with Crippen LogP contribution in [-0.4, -0.2) is 22.4 Å². The molecule has 1 amide bonds. The topological polar surface area (TPSA) is 51.3 Å². The summed E-state index contributed by atoms with van der Waals surface area (Å²) in [5.74, 6) is 0.00195. The largest absolute Gasteiger partial charge is 0.397 e. The van der Waals surface area contributed by atoms with E-state index in [1.807, 2.05) is 25.5 Å². The lowest BCUT2D eigenvalue weighted by atomic mass is 10.2. The van der Waals surface area contributed by atoms with Gasteiger partial charge >= 0.3 is 0 Å². The zero-order valence-electron chi connectivity index (χ0n) is 12.4. The molecule has 2 aromatic rings. The SMILES string of the molecule is CCn1cc(N)cc1C(=O)N(C)C(C)c1ccc(C)s1.